The van der Waals surface area contributed by atoms with Crippen molar-refractivity contribution in [2.24, 2.45) is 0 Å². The first-order valence-corrected chi connectivity index (χ1v) is 19.4. The van der Waals surface area contributed by atoms with Crippen LogP contribution in [0.4, 0.5) is 0 Å². The van der Waals surface area contributed by atoms with Crippen LogP contribution in [-0.2, 0) is 0 Å². The lowest BCUT2D eigenvalue weighted by Gasteiger charge is -2.18. The van der Waals surface area contributed by atoms with Gasteiger partial charge in [-0.1, -0.05) is 133 Å². The van der Waals surface area contributed by atoms with Gasteiger partial charge in [-0.3, -0.25) is 4.98 Å². The Kier molecular flexibility index (Phi) is 6.93. The van der Waals surface area contributed by atoms with E-state index >= 15 is 0 Å². The SMILES string of the molecule is c1ccc(-c2nc3ccccc3c3c2cc(-c2cc(-c4cccnc4)cc(-c4cc5ccccc5c5c4oc4ccc6ccccc6c45)c2)c2ccccc23)cc1. The van der Waals surface area contributed by atoms with Gasteiger partial charge in [-0.25, -0.2) is 4.98 Å². The zero-order valence-corrected chi connectivity index (χ0v) is 30.8. The van der Waals surface area contributed by atoms with Gasteiger partial charge in [0.15, 0.2) is 0 Å². The molecule has 12 rings (SSSR count). The number of benzene rings is 9. The Bertz CT molecular complexity index is 3570. The number of furan rings is 1. The van der Waals surface area contributed by atoms with Gasteiger partial charge in [-0.05, 0) is 103 Å². The number of aromatic nitrogens is 2. The van der Waals surface area contributed by atoms with Crippen molar-refractivity contribution in [2.45, 2.75) is 0 Å². The molecular weight excluding hydrogens is 693 g/mol. The number of fused-ring (bicyclic) bond motifs is 12. The maximum Gasteiger partial charge on any atom is 0.143 e. The fourth-order valence-electron chi connectivity index (χ4n) is 9.11. The molecule has 0 saturated carbocycles. The monoisotopic (exact) mass is 724 g/mol. The second-order valence-corrected chi connectivity index (χ2v) is 14.9. The summed E-state index contributed by atoms with van der Waals surface area (Å²) in [6.07, 6.45) is 3.79. The molecular formula is C54H32N2O. The molecule has 0 spiro atoms. The molecule has 3 heterocycles. The third-order valence-electron chi connectivity index (χ3n) is 11.7. The first kappa shape index (κ1) is 31.7. The number of para-hydroxylation sites is 1. The zero-order valence-electron chi connectivity index (χ0n) is 30.8. The van der Waals surface area contributed by atoms with Gasteiger partial charge < -0.3 is 4.42 Å². The Morgan fingerprint density at radius 1 is 0.368 bits per heavy atom. The average Bonchev–Trinajstić information content (AvgIpc) is 3.69. The summed E-state index contributed by atoms with van der Waals surface area (Å²) < 4.78 is 6.96. The van der Waals surface area contributed by atoms with Crippen LogP contribution in [0.5, 0.6) is 0 Å². The van der Waals surface area contributed by atoms with Crippen LogP contribution in [0.3, 0.4) is 0 Å². The van der Waals surface area contributed by atoms with Crippen LogP contribution in [0.25, 0.3) is 121 Å². The molecule has 0 amide bonds. The molecule has 0 aliphatic carbocycles. The second kappa shape index (κ2) is 12.5. The molecule has 0 aliphatic rings. The van der Waals surface area contributed by atoms with Gasteiger partial charge in [0.1, 0.15) is 11.2 Å². The molecule has 9 aromatic carbocycles. The highest BCUT2D eigenvalue weighted by atomic mass is 16.3. The van der Waals surface area contributed by atoms with Crippen molar-refractivity contribution in [2.75, 3.05) is 0 Å². The van der Waals surface area contributed by atoms with E-state index in [0.29, 0.717) is 0 Å². The summed E-state index contributed by atoms with van der Waals surface area (Å²) >= 11 is 0. The van der Waals surface area contributed by atoms with E-state index in [1.807, 2.05) is 18.5 Å². The summed E-state index contributed by atoms with van der Waals surface area (Å²) in [6.45, 7) is 0. The largest absolute Gasteiger partial charge is 0.455 e. The lowest BCUT2D eigenvalue weighted by Crippen LogP contribution is -1.93. The number of hydrogen-bond acceptors (Lipinski definition) is 3. The predicted molar refractivity (Wildman–Crippen MR) is 239 cm³/mol. The van der Waals surface area contributed by atoms with Gasteiger partial charge >= 0.3 is 0 Å². The molecule has 0 N–H and O–H groups in total. The maximum atomic E-state index is 6.96. The van der Waals surface area contributed by atoms with E-state index in [1.165, 1.54) is 37.7 Å². The highest BCUT2D eigenvalue weighted by molar-refractivity contribution is 6.29. The van der Waals surface area contributed by atoms with Crippen LogP contribution >= 0.6 is 0 Å². The predicted octanol–water partition coefficient (Wildman–Crippen LogP) is 14.8. The van der Waals surface area contributed by atoms with E-state index in [2.05, 4.69) is 181 Å². The van der Waals surface area contributed by atoms with Crippen molar-refractivity contribution in [1.82, 2.24) is 9.97 Å². The van der Waals surface area contributed by atoms with Gasteiger partial charge in [-0.2, -0.15) is 0 Å². The van der Waals surface area contributed by atoms with Crippen LogP contribution in [-0.4, -0.2) is 9.97 Å². The second-order valence-electron chi connectivity index (χ2n) is 14.9. The summed E-state index contributed by atoms with van der Waals surface area (Å²) in [7, 11) is 0. The third-order valence-corrected chi connectivity index (χ3v) is 11.7. The Hall–Kier alpha value is -7.62. The molecule has 264 valence electrons. The zero-order chi connectivity index (χ0) is 37.5. The van der Waals surface area contributed by atoms with Crippen LogP contribution in [0.1, 0.15) is 0 Å². The number of rotatable bonds is 4. The average molecular weight is 725 g/mol. The Balaban J connectivity index is 1.21. The molecule has 3 nitrogen and oxygen atoms in total. The minimum absolute atomic E-state index is 0.888. The summed E-state index contributed by atoms with van der Waals surface area (Å²) in [5.41, 5.74) is 11.4. The van der Waals surface area contributed by atoms with Crippen molar-refractivity contribution in [3.05, 3.63) is 194 Å². The topological polar surface area (TPSA) is 38.9 Å². The standard InChI is InChI=1S/C54H32N2O/c1-2-14-34(15-3-1)53-47-31-45(42-20-8-9-21-43(42)50(47)44-22-10-11-23-48(44)56-53)38-27-37(36-17-12-26-55-32-36)28-39(29-38)46-30-35-16-5-7-19-41(35)52-51-40-18-6-4-13-33(40)24-25-49(51)57-54(46)52/h1-32H. The van der Waals surface area contributed by atoms with E-state index in [9.17, 15) is 0 Å². The normalized spacial score (nSPS) is 11.9. The molecule has 0 radical (unpaired) electrons. The highest BCUT2D eigenvalue weighted by Crippen LogP contribution is 2.47. The van der Waals surface area contributed by atoms with Gasteiger partial charge in [0.25, 0.3) is 0 Å². The molecule has 0 atom stereocenters. The van der Waals surface area contributed by atoms with Gasteiger partial charge in [-0.15, -0.1) is 0 Å². The van der Waals surface area contributed by atoms with E-state index < -0.39 is 0 Å². The third kappa shape index (κ3) is 4.92. The minimum atomic E-state index is 0.888. The number of nitrogens with zero attached hydrogens (tertiary/aromatic N) is 2. The van der Waals surface area contributed by atoms with Crippen molar-refractivity contribution in [3.63, 3.8) is 0 Å². The number of pyridine rings is 2. The van der Waals surface area contributed by atoms with Gasteiger partial charge in [0, 0.05) is 56.0 Å². The molecule has 57 heavy (non-hydrogen) atoms. The quantitative estimate of drug-likeness (QED) is 0.170. The van der Waals surface area contributed by atoms with Crippen molar-refractivity contribution in [1.29, 1.82) is 0 Å². The lowest BCUT2D eigenvalue weighted by atomic mass is 9.87. The molecule has 0 aliphatic heterocycles. The Labute approximate surface area is 328 Å². The first-order chi connectivity index (χ1) is 28.3. The van der Waals surface area contributed by atoms with Crippen molar-refractivity contribution < 1.29 is 4.42 Å². The fourth-order valence-corrected chi connectivity index (χ4v) is 9.11. The lowest BCUT2D eigenvalue weighted by molar-refractivity contribution is 0.670. The van der Waals surface area contributed by atoms with Crippen molar-refractivity contribution in [3.8, 4) is 44.6 Å². The molecule has 0 unspecified atom stereocenters. The molecule has 3 heteroatoms. The molecule has 3 aromatic heterocycles. The molecule has 12 aromatic rings. The van der Waals surface area contributed by atoms with E-state index in [1.54, 1.807) is 0 Å². The molecule has 0 bridgehead atoms. The molecule has 0 saturated heterocycles. The van der Waals surface area contributed by atoms with Crippen LogP contribution in [0, 0.1) is 0 Å². The fraction of sp³-hybridized carbons (Fsp3) is 0. The first-order valence-electron chi connectivity index (χ1n) is 19.4. The van der Waals surface area contributed by atoms with Gasteiger partial charge in [0.05, 0.1) is 11.2 Å². The molecule has 0 fully saturated rings. The van der Waals surface area contributed by atoms with Crippen LogP contribution in [0.15, 0.2) is 199 Å². The maximum absolute atomic E-state index is 6.96. The summed E-state index contributed by atoms with van der Waals surface area (Å²) in [5, 5.41) is 12.9. The van der Waals surface area contributed by atoms with E-state index in [-0.39, 0.29) is 0 Å². The van der Waals surface area contributed by atoms with Gasteiger partial charge in [0.2, 0.25) is 0 Å². The number of hydrogen-bond donors (Lipinski definition) is 0. The van der Waals surface area contributed by atoms with Crippen LogP contribution < -0.4 is 0 Å². The highest BCUT2D eigenvalue weighted by Gasteiger charge is 2.21. The van der Waals surface area contributed by atoms with Crippen molar-refractivity contribution >= 4 is 75.9 Å². The van der Waals surface area contributed by atoms with E-state index in [0.717, 1.165) is 82.9 Å². The smallest absolute Gasteiger partial charge is 0.143 e. The Morgan fingerprint density at radius 3 is 1.82 bits per heavy atom. The van der Waals surface area contributed by atoms with Crippen LogP contribution in [0.2, 0.25) is 0 Å². The van der Waals surface area contributed by atoms with E-state index in [4.69, 9.17) is 9.40 Å². The summed E-state index contributed by atoms with van der Waals surface area (Å²) in [6, 6.07) is 65.3. The minimum Gasteiger partial charge on any atom is -0.455 e. The summed E-state index contributed by atoms with van der Waals surface area (Å²) in [4.78, 5) is 9.88. The summed E-state index contributed by atoms with van der Waals surface area (Å²) in [5.74, 6) is 0. The Morgan fingerprint density at radius 2 is 1.02 bits per heavy atom.